The monoisotopic (exact) mass is 307 g/mol. The molecule has 0 bridgehead atoms. The van der Waals surface area contributed by atoms with E-state index in [1.807, 2.05) is 32.2 Å². The van der Waals surface area contributed by atoms with Gasteiger partial charge < -0.3 is 4.57 Å². The summed E-state index contributed by atoms with van der Waals surface area (Å²) >= 11 is 1.58. The fraction of sp³-hybridized carbons (Fsp3) is 0.222. The fourth-order valence-electron chi connectivity index (χ4n) is 2.67. The molecule has 2 heterocycles. The van der Waals surface area contributed by atoms with Crippen molar-refractivity contribution in [1.82, 2.24) is 4.57 Å². The van der Waals surface area contributed by atoms with Gasteiger partial charge in [-0.05, 0) is 32.4 Å². The highest BCUT2D eigenvalue weighted by Gasteiger charge is 2.13. The molecule has 0 fully saturated rings. The number of fused-ring (bicyclic) bond motifs is 1. The van der Waals surface area contributed by atoms with Gasteiger partial charge in [0.1, 0.15) is 11.1 Å². The lowest BCUT2D eigenvalue weighted by molar-refractivity contribution is 0.917. The topological polar surface area (TPSA) is 41.1 Å². The van der Waals surface area contributed by atoms with Crippen molar-refractivity contribution in [3.05, 3.63) is 51.5 Å². The Morgan fingerprint density at radius 1 is 1.23 bits per heavy atom. The summed E-state index contributed by atoms with van der Waals surface area (Å²) in [6.45, 7) is 6.10. The summed E-state index contributed by atoms with van der Waals surface area (Å²) in [5.41, 5.74) is 5.21. The van der Waals surface area contributed by atoms with E-state index < -0.39 is 0 Å². The van der Waals surface area contributed by atoms with Gasteiger partial charge in [0.25, 0.3) is 0 Å². The third-order valence-corrected chi connectivity index (χ3v) is 5.35. The SMILES string of the molecule is Cc1sc(N=Cc2c(C)n(C)c3ccccc23)c(C#N)c1C. The molecule has 0 amide bonds. The molecule has 3 rings (SSSR count). The number of para-hydroxylation sites is 1. The van der Waals surface area contributed by atoms with Crippen molar-refractivity contribution in [2.45, 2.75) is 20.8 Å². The first-order valence-corrected chi connectivity index (χ1v) is 7.94. The molecular formula is C18H17N3S. The number of hydrogen-bond donors (Lipinski definition) is 0. The molecule has 1 aromatic carbocycles. The average molecular weight is 307 g/mol. The number of benzene rings is 1. The molecule has 4 heteroatoms. The lowest BCUT2D eigenvalue weighted by atomic mass is 10.1. The molecule has 0 unspecified atom stereocenters. The highest BCUT2D eigenvalue weighted by molar-refractivity contribution is 7.16. The Bertz CT molecular complexity index is 936. The Hall–Kier alpha value is -2.38. The molecular weight excluding hydrogens is 290 g/mol. The minimum absolute atomic E-state index is 0.691. The summed E-state index contributed by atoms with van der Waals surface area (Å²) in [6, 6.07) is 10.6. The van der Waals surface area contributed by atoms with E-state index in [1.165, 1.54) is 16.6 Å². The molecule has 0 spiro atoms. The minimum Gasteiger partial charge on any atom is -0.347 e. The molecule has 2 aromatic heterocycles. The van der Waals surface area contributed by atoms with Gasteiger partial charge in [-0.1, -0.05) is 18.2 Å². The van der Waals surface area contributed by atoms with Gasteiger partial charge in [-0.25, -0.2) is 4.99 Å². The molecule has 0 aliphatic carbocycles. The second-order valence-corrected chi connectivity index (χ2v) is 6.61. The van der Waals surface area contributed by atoms with Crippen molar-refractivity contribution in [2.75, 3.05) is 0 Å². The molecule has 3 aromatic rings. The van der Waals surface area contributed by atoms with Crippen LogP contribution in [0.2, 0.25) is 0 Å². The van der Waals surface area contributed by atoms with Crippen LogP contribution in [0.3, 0.4) is 0 Å². The Labute approximate surface area is 134 Å². The maximum Gasteiger partial charge on any atom is 0.134 e. The van der Waals surface area contributed by atoms with E-state index in [9.17, 15) is 5.26 Å². The van der Waals surface area contributed by atoms with Gasteiger partial charge in [-0.3, -0.25) is 0 Å². The van der Waals surface area contributed by atoms with Crippen LogP contribution < -0.4 is 0 Å². The summed E-state index contributed by atoms with van der Waals surface area (Å²) in [5.74, 6) is 0. The molecule has 22 heavy (non-hydrogen) atoms. The van der Waals surface area contributed by atoms with Crippen molar-refractivity contribution in [3.8, 4) is 6.07 Å². The van der Waals surface area contributed by atoms with E-state index in [2.05, 4.69) is 41.7 Å². The van der Waals surface area contributed by atoms with Crippen LogP contribution >= 0.6 is 11.3 Å². The number of rotatable bonds is 2. The first-order valence-electron chi connectivity index (χ1n) is 7.12. The zero-order valence-corrected chi connectivity index (χ0v) is 14.0. The maximum atomic E-state index is 9.32. The molecule has 0 saturated carbocycles. The number of aromatic nitrogens is 1. The third kappa shape index (κ3) is 2.15. The zero-order valence-electron chi connectivity index (χ0n) is 13.1. The van der Waals surface area contributed by atoms with Crippen LogP contribution in [0.25, 0.3) is 10.9 Å². The predicted octanol–water partition coefficient (Wildman–Crippen LogP) is 4.79. The van der Waals surface area contributed by atoms with Gasteiger partial charge >= 0.3 is 0 Å². The van der Waals surface area contributed by atoms with E-state index in [-0.39, 0.29) is 0 Å². The number of aliphatic imine (C=N–C) groups is 1. The van der Waals surface area contributed by atoms with Gasteiger partial charge in [-0.2, -0.15) is 5.26 Å². The minimum atomic E-state index is 0.691. The summed E-state index contributed by atoms with van der Waals surface area (Å²) in [6.07, 6.45) is 1.89. The van der Waals surface area contributed by atoms with E-state index >= 15 is 0 Å². The van der Waals surface area contributed by atoms with Crippen molar-refractivity contribution in [3.63, 3.8) is 0 Å². The molecule has 0 radical (unpaired) electrons. The Morgan fingerprint density at radius 2 is 1.95 bits per heavy atom. The zero-order chi connectivity index (χ0) is 15.9. The average Bonchev–Trinajstić information content (AvgIpc) is 2.93. The number of nitriles is 1. The molecule has 110 valence electrons. The molecule has 0 atom stereocenters. The normalized spacial score (nSPS) is 11.4. The van der Waals surface area contributed by atoms with Crippen LogP contribution in [-0.4, -0.2) is 10.8 Å². The lowest BCUT2D eigenvalue weighted by Crippen LogP contribution is -1.91. The Balaban J connectivity index is 2.14. The third-order valence-electron chi connectivity index (χ3n) is 4.24. The standard InChI is InChI=1S/C18H17N3S/c1-11-13(3)22-18(15(11)9-19)20-10-16-12(2)21(4)17-8-6-5-7-14(16)17/h5-8,10H,1-4H3. The van der Waals surface area contributed by atoms with Gasteiger partial charge in [0.15, 0.2) is 0 Å². The first-order chi connectivity index (χ1) is 10.5. The number of nitrogens with zero attached hydrogens (tertiary/aromatic N) is 3. The largest absolute Gasteiger partial charge is 0.347 e. The summed E-state index contributed by atoms with van der Waals surface area (Å²) in [7, 11) is 2.06. The van der Waals surface area contributed by atoms with Gasteiger partial charge in [0.05, 0.1) is 5.56 Å². The summed E-state index contributed by atoms with van der Waals surface area (Å²) in [4.78, 5) is 5.76. The Morgan fingerprint density at radius 3 is 2.68 bits per heavy atom. The second-order valence-electron chi connectivity index (χ2n) is 5.41. The van der Waals surface area contributed by atoms with Crippen LogP contribution in [0.1, 0.15) is 27.3 Å². The highest BCUT2D eigenvalue weighted by Crippen LogP contribution is 2.34. The number of hydrogen-bond acceptors (Lipinski definition) is 3. The molecule has 0 saturated heterocycles. The van der Waals surface area contributed by atoms with Crippen LogP contribution in [0.15, 0.2) is 29.3 Å². The maximum absolute atomic E-state index is 9.32. The second kappa shape index (κ2) is 5.43. The Kier molecular flexibility index (Phi) is 3.59. The van der Waals surface area contributed by atoms with E-state index in [1.54, 1.807) is 11.3 Å². The van der Waals surface area contributed by atoms with E-state index in [0.29, 0.717) is 5.56 Å². The molecule has 0 N–H and O–H groups in total. The number of aryl methyl sites for hydroxylation is 2. The quantitative estimate of drug-likeness (QED) is 0.628. The van der Waals surface area contributed by atoms with Gasteiger partial charge in [0.2, 0.25) is 0 Å². The highest BCUT2D eigenvalue weighted by atomic mass is 32.1. The van der Waals surface area contributed by atoms with E-state index in [4.69, 9.17) is 0 Å². The molecule has 0 aliphatic rings. The lowest BCUT2D eigenvalue weighted by Gasteiger charge is -1.97. The van der Waals surface area contributed by atoms with E-state index in [0.717, 1.165) is 21.0 Å². The van der Waals surface area contributed by atoms with Crippen molar-refractivity contribution in [2.24, 2.45) is 12.0 Å². The van der Waals surface area contributed by atoms with Crippen LogP contribution in [0.4, 0.5) is 5.00 Å². The van der Waals surface area contributed by atoms with Crippen molar-refractivity contribution in [1.29, 1.82) is 5.26 Å². The first kappa shape index (κ1) is 14.6. The van der Waals surface area contributed by atoms with Gasteiger partial charge in [0, 0.05) is 40.3 Å². The van der Waals surface area contributed by atoms with Crippen LogP contribution in [0, 0.1) is 32.1 Å². The van der Waals surface area contributed by atoms with Crippen LogP contribution in [0.5, 0.6) is 0 Å². The summed E-state index contributed by atoms with van der Waals surface area (Å²) < 4.78 is 2.17. The van der Waals surface area contributed by atoms with Crippen LogP contribution in [-0.2, 0) is 7.05 Å². The molecule has 0 aliphatic heterocycles. The predicted molar refractivity (Wildman–Crippen MR) is 93.4 cm³/mol. The van der Waals surface area contributed by atoms with Crippen molar-refractivity contribution < 1.29 is 0 Å². The molecule has 3 nitrogen and oxygen atoms in total. The van der Waals surface area contributed by atoms with Crippen molar-refractivity contribution >= 4 is 33.5 Å². The number of thiophene rings is 1. The summed E-state index contributed by atoms with van der Waals surface area (Å²) in [5, 5.41) is 11.3. The fourth-order valence-corrected chi connectivity index (χ4v) is 3.62. The smallest absolute Gasteiger partial charge is 0.134 e. The van der Waals surface area contributed by atoms with Gasteiger partial charge in [-0.15, -0.1) is 11.3 Å².